The van der Waals surface area contributed by atoms with Crippen LogP contribution in [0.15, 0.2) is 18.3 Å². The predicted octanol–water partition coefficient (Wildman–Crippen LogP) is 1.46. The molecule has 1 aromatic rings. The summed E-state index contributed by atoms with van der Waals surface area (Å²) in [7, 11) is 0. The molecule has 0 radical (unpaired) electrons. The number of nitrogens with one attached hydrogen (secondary N) is 2. The zero-order valence-electron chi connectivity index (χ0n) is 17.2. The Bertz CT molecular complexity index is 798. The summed E-state index contributed by atoms with van der Waals surface area (Å²) in [6.07, 6.45) is 4.66. The van der Waals surface area contributed by atoms with E-state index in [-0.39, 0.29) is 24.0 Å². The van der Waals surface area contributed by atoms with Crippen molar-refractivity contribution in [2.75, 3.05) is 25.0 Å². The second-order valence-corrected chi connectivity index (χ2v) is 8.49. The first kappa shape index (κ1) is 25.1. The van der Waals surface area contributed by atoms with E-state index in [0.717, 1.165) is 18.0 Å². The molecule has 4 N–H and O–H groups in total. The number of thiazole rings is 1. The molecule has 0 bridgehead atoms. The maximum atomic E-state index is 12.2. The molecule has 30 heavy (non-hydrogen) atoms. The summed E-state index contributed by atoms with van der Waals surface area (Å²) in [6.45, 7) is 7.72. The summed E-state index contributed by atoms with van der Waals surface area (Å²) >= 11 is 1.62. The maximum Gasteiger partial charge on any atom is 0.328 e. The lowest BCUT2D eigenvalue weighted by Crippen LogP contribution is -2.50. The molecular formula is C19H27N5O5S. The number of nitriles is 1. The molecule has 11 heteroatoms. The molecule has 2 heterocycles. The zero-order valence-corrected chi connectivity index (χ0v) is 18.0. The van der Waals surface area contributed by atoms with E-state index in [1.165, 1.54) is 4.88 Å². The van der Waals surface area contributed by atoms with Crippen molar-refractivity contribution < 1.29 is 24.6 Å². The lowest BCUT2D eigenvalue weighted by molar-refractivity contribution is -0.134. The number of aromatic nitrogens is 1. The van der Waals surface area contributed by atoms with Crippen molar-refractivity contribution >= 4 is 34.3 Å². The highest BCUT2D eigenvalue weighted by Crippen LogP contribution is 2.18. The average Bonchev–Trinajstić information content (AvgIpc) is 3.32. The van der Waals surface area contributed by atoms with Crippen LogP contribution >= 0.6 is 11.3 Å². The molecule has 1 aromatic heterocycles. The summed E-state index contributed by atoms with van der Waals surface area (Å²) in [5.74, 6) is -2.51. The second kappa shape index (κ2) is 11.9. The van der Waals surface area contributed by atoms with Crippen LogP contribution in [0.3, 0.4) is 0 Å². The van der Waals surface area contributed by atoms with Gasteiger partial charge in [0, 0.05) is 41.9 Å². The van der Waals surface area contributed by atoms with Crippen LogP contribution in [0.25, 0.3) is 0 Å². The van der Waals surface area contributed by atoms with E-state index in [1.54, 1.807) is 16.2 Å². The molecule has 1 fully saturated rings. The first-order valence-corrected chi connectivity index (χ1v) is 10.1. The van der Waals surface area contributed by atoms with Gasteiger partial charge in [-0.05, 0) is 33.6 Å². The van der Waals surface area contributed by atoms with Crippen LogP contribution in [0.1, 0.15) is 31.6 Å². The van der Waals surface area contributed by atoms with Gasteiger partial charge < -0.3 is 25.7 Å². The first-order chi connectivity index (χ1) is 14.0. The number of aliphatic carboxylic acids is 2. The SMILES string of the molecule is Cc1cnc(NCC(C)(C)NCC(=O)N2CCC[C@H]2C#N)s1.O=C(O)/C=C/C(=O)O. The van der Waals surface area contributed by atoms with Gasteiger partial charge in [0.2, 0.25) is 5.91 Å². The van der Waals surface area contributed by atoms with Gasteiger partial charge in [0.25, 0.3) is 0 Å². The number of carbonyl (C=O) groups is 3. The lowest BCUT2D eigenvalue weighted by Gasteiger charge is -2.28. The van der Waals surface area contributed by atoms with Crippen LogP contribution in [-0.2, 0) is 14.4 Å². The molecule has 1 aliphatic heterocycles. The topological polar surface area (TPSA) is 156 Å². The fourth-order valence-electron chi connectivity index (χ4n) is 2.55. The Kier molecular flexibility index (Phi) is 9.94. The third kappa shape index (κ3) is 9.49. The molecule has 0 unspecified atom stereocenters. The van der Waals surface area contributed by atoms with Crippen molar-refractivity contribution in [3.05, 3.63) is 23.2 Å². The number of amides is 1. The van der Waals surface area contributed by atoms with Gasteiger partial charge in [-0.1, -0.05) is 0 Å². The van der Waals surface area contributed by atoms with E-state index in [1.807, 2.05) is 27.0 Å². The van der Waals surface area contributed by atoms with Gasteiger partial charge in [-0.3, -0.25) is 4.79 Å². The third-order valence-electron chi connectivity index (χ3n) is 4.11. The standard InChI is InChI=1S/C15H23N5OS.C4H4O4/c1-11-8-17-14(22-11)18-10-15(2,3)19-9-13(21)20-6-4-5-12(20)7-16;5-3(6)1-2-4(7)8/h8,12,19H,4-6,9-10H2,1-3H3,(H,17,18);1-2H,(H,5,6)(H,7,8)/b;2-1+/t12-;/m0./s1. The largest absolute Gasteiger partial charge is 0.478 e. The number of hydrogen-bond donors (Lipinski definition) is 4. The molecular weight excluding hydrogens is 410 g/mol. The highest BCUT2D eigenvalue weighted by Gasteiger charge is 2.29. The minimum Gasteiger partial charge on any atom is -0.478 e. The Morgan fingerprint density at radius 2 is 2.00 bits per heavy atom. The third-order valence-corrected chi connectivity index (χ3v) is 4.98. The Morgan fingerprint density at radius 1 is 1.37 bits per heavy atom. The number of aryl methyl sites for hydroxylation is 1. The molecule has 1 atom stereocenters. The predicted molar refractivity (Wildman–Crippen MR) is 112 cm³/mol. The van der Waals surface area contributed by atoms with Crippen molar-refractivity contribution in [3.8, 4) is 6.07 Å². The van der Waals surface area contributed by atoms with Gasteiger partial charge in [0.1, 0.15) is 6.04 Å². The van der Waals surface area contributed by atoms with Crippen LogP contribution in [0.2, 0.25) is 0 Å². The van der Waals surface area contributed by atoms with Crippen molar-refractivity contribution in [3.63, 3.8) is 0 Å². The Labute approximate surface area is 179 Å². The quantitative estimate of drug-likeness (QED) is 0.442. The van der Waals surface area contributed by atoms with Gasteiger partial charge in [-0.25, -0.2) is 14.6 Å². The van der Waals surface area contributed by atoms with Crippen molar-refractivity contribution in [2.45, 2.75) is 45.2 Å². The molecule has 164 valence electrons. The minimum atomic E-state index is -1.26. The number of rotatable bonds is 8. The fraction of sp³-hybridized carbons (Fsp3) is 0.526. The van der Waals surface area contributed by atoms with Crippen LogP contribution in [-0.4, -0.2) is 69.2 Å². The van der Waals surface area contributed by atoms with E-state index in [0.29, 0.717) is 25.2 Å². The molecule has 0 aromatic carbocycles. The molecule has 0 spiro atoms. The monoisotopic (exact) mass is 437 g/mol. The van der Waals surface area contributed by atoms with E-state index >= 15 is 0 Å². The summed E-state index contributed by atoms with van der Waals surface area (Å²) in [5, 5.41) is 32.1. The lowest BCUT2D eigenvalue weighted by atomic mass is 10.1. The number of carboxylic acid groups (broad SMARTS) is 2. The number of carboxylic acids is 2. The Hall–Kier alpha value is -2.97. The highest BCUT2D eigenvalue weighted by atomic mass is 32.1. The average molecular weight is 438 g/mol. The molecule has 1 aliphatic rings. The van der Waals surface area contributed by atoms with Crippen LogP contribution in [0.5, 0.6) is 0 Å². The fourth-order valence-corrected chi connectivity index (χ4v) is 3.21. The molecule has 10 nitrogen and oxygen atoms in total. The van der Waals surface area contributed by atoms with Crippen LogP contribution in [0.4, 0.5) is 5.13 Å². The van der Waals surface area contributed by atoms with E-state index in [4.69, 9.17) is 15.5 Å². The van der Waals surface area contributed by atoms with Crippen LogP contribution < -0.4 is 10.6 Å². The highest BCUT2D eigenvalue weighted by molar-refractivity contribution is 7.15. The van der Waals surface area contributed by atoms with Gasteiger partial charge >= 0.3 is 11.9 Å². The van der Waals surface area contributed by atoms with E-state index < -0.39 is 11.9 Å². The number of carbonyl (C=O) groups excluding carboxylic acids is 1. The number of nitrogens with zero attached hydrogens (tertiary/aromatic N) is 3. The second-order valence-electron chi connectivity index (χ2n) is 7.25. The Balaban J connectivity index is 0.000000479. The molecule has 0 saturated carbocycles. The van der Waals surface area contributed by atoms with Crippen molar-refractivity contribution in [1.29, 1.82) is 5.26 Å². The number of likely N-dealkylation sites (tertiary alicyclic amines) is 1. The van der Waals surface area contributed by atoms with Gasteiger partial charge in [-0.15, -0.1) is 11.3 Å². The first-order valence-electron chi connectivity index (χ1n) is 9.28. The van der Waals surface area contributed by atoms with Crippen molar-refractivity contribution in [1.82, 2.24) is 15.2 Å². The summed E-state index contributed by atoms with van der Waals surface area (Å²) in [6, 6.07) is 1.94. The van der Waals surface area contributed by atoms with Gasteiger partial charge in [0.05, 0.1) is 12.6 Å². The van der Waals surface area contributed by atoms with Crippen LogP contribution in [0, 0.1) is 18.3 Å². The summed E-state index contributed by atoms with van der Waals surface area (Å²) in [4.78, 5) is 38.4. The molecule has 2 rings (SSSR count). The Morgan fingerprint density at radius 3 is 2.50 bits per heavy atom. The number of hydrogen-bond acceptors (Lipinski definition) is 8. The smallest absolute Gasteiger partial charge is 0.328 e. The zero-order chi connectivity index (χ0) is 22.7. The minimum absolute atomic E-state index is 0.00205. The molecule has 0 aliphatic carbocycles. The van der Waals surface area contributed by atoms with Gasteiger partial charge in [-0.2, -0.15) is 5.26 Å². The van der Waals surface area contributed by atoms with E-state index in [2.05, 4.69) is 21.7 Å². The molecule has 1 amide bonds. The van der Waals surface area contributed by atoms with Gasteiger partial charge in [0.15, 0.2) is 5.13 Å². The maximum absolute atomic E-state index is 12.2. The molecule has 1 saturated heterocycles. The summed E-state index contributed by atoms with van der Waals surface area (Å²) < 4.78 is 0. The van der Waals surface area contributed by atoms with E-state index in [9.17, 15) is 14.4 Å². The van der Waals surface area contributed by atoms with Crippen molar-refractivity contribution in [2.24, 2.45) is 0 Å². The summed E-state index contributed by atoms with van der Waals surface area (Å²) in [5.41, 5.74) is -0.239. The number of anilines is 1. The normalized spacial score (nSPS) is 15.9.